The van der Waals surface area contributed by atoms with Crippen molar-refractivity contribution in [3.63, 3.8) is 0 Å². The zero-order chi connectivity index (χ0) is 11.5. The van der Waals surface area contributed by atoms with Crippen LogP contribution in [0.4, 0.5) is 8.78 Å². The highest BCUT2D eigenvalue weighted by Crippen LogP contribution is 2.15. The molecule has 2 nitrogen and oxygen atoms in total. The molecule has 1 atom stereocenters. The van der Waals surface area contributed by atoms with Crippen LogP contribution >= 0.6 is 0 Å². The Kier molecular flexibility index (Phi) is 3.51. The summed E-state index contributed by atoms with van der Waals surface area (Å²) in [6, 6.07) is 3.73. The van der Waals surface area contributed by atoms with E-state index in [1.165, 1.54) is 12.1 Å². The van der Waals surface area contributed by atoms with E-state index in [9.17, 15) is 8.78 Å². The lowest BCUT2D eigenvalue weighted by atomic mass is 10.1. The van der Waals surface area contributed by atoms with Crippen LogP contribution in [-0.4, -0.2) is 24.0 Å². The van der Waals surface area contributed by atoms with Gasteiger partial charge in [0, 0.05) is 24.7 Å². The number of hydrogen-bond acceptors (Lipinski definition) is 2. The first kappa shape index (κ1) is 11.5. The minimum absolute atomic E-state index is 0.158. The summed E-state index contributed by atoms with van der Waals surface area (Å²) in [7, 11) is 0. The molecular weight excluding hydrogens is 210 g/mol. The fourth-order valence-corrected chi connectivity index (χ4v) is 2.14. The summed E-state index contributed by atoms with van der Waals surface area (Å²) < 4.78 is 26.4. The van der Waals surface area contributed by atoms with Crippen LogP contribution in [0.15, 0.2) is 18.2 Å². The number of piperidine rings is 1. The van der Waals surface area contributed by atoms with Crippen LogP contribution in [0.5, 0.6) is 0 Å². The molecule has 0 saturated carbocycles. The number of hydrogen-bond donors (Lipinski definition) is 1. The van der Waals surface area contributed by atoms with E-state index >= 15 is 0 Å². The van der Waals surface area contributed by atoms with Gasteiger partial charge in [-0.25, -0.2) is 8.78 Å². The zero-order valence-corrected chi connectivity index (χ0v) is 9.13. The Bertz CT molecular complexity index is 368. The van der Waals surface area contributed by atoms with Gasteiger partial charge < -0.3 is 5.73 Å². The van der Waals surface area contributed by atoms with Crippen molar-refractivity contribution in [1.82, 2.24) is 4.90 Å². The highest BCUT2D eigenvalue weighted by Gasteiger charge is 2.17. The van der Waals surface area contributed by atoms with Crippen LogP contribution in [0.1, 0.15) is 18.4 Å². The molecule has 2 N–H and O–H groups in total. The molecule has 1 heterocycles. The van der Waals surface area contributed by atoms with Crippen molar-refractivity contribution in [2.45, 2.75) is 25.4 Å². The number of nitrogens with zero attached hydrogens (tertiary/aromatic N) is 1. The molecule has 2 rings (SSSR count). The summed E-state index contributed by atoms with van der Waals surface area (Å²) in [5, 5.41) is 0. The number of nitrogens with two attached hydrogens (primary N) is 1. The maximum Gasteiger partial charge on any atom is 0.127 e. The fraction of sp³-hybridized carbons (Fsp3) is 0.500. The van der Waals surface area contributed by atoms with E-state index in [-0.39, 0.29) is 11.9 Å². The minimum atomic E-state index is -0.391. The van der Waals surface area contributed by atoms with Gasteiger partial charge in [0.25, 0.3) is 0 Å². The topological polar surface area (TPSA) is 29.3 Å². The van der Waals surface area contributed by atoms with Gasteiger partial charge in [-0.1, -0.05) is 0 Å². The highest BCUT2D eigenvalue weighted by molar-refractivity contribution is 5.18. The van der Waals surface area contributed by atoms with Gasteiger partial charge in [-0.2, -0.15) is 0 Å². The van der Waals surface area contributed by atoms with Crippen LogP contribution in [0.3, 0.4) is 0 Å². The summed E-state index contributed by atoms with van der Waals surface area (Å²) in [6.45, 7) is 2.11. The largest absolute Gasteiger partial charge is 0.327 e. The van der Waals surface area contributed by atoms with Gasteiger partial charge in [-0.3, -0.25) is 4.90 Å². The minimum Gasteiger partial charge on any atom is -0.327 e. The number of benzene rings is 1. The highest BCUT2D eigenvalue weighted by atomic mass is 19.1. The number of halogens is 2. The smallest absolute Gasteiger partial charge is 0.127 e. The molecule has 88 valence electrons. The molecule has 0 radical (unpaired) electrons. The van der Waals surface area contributed by atoms with E-state index in [2.05, 4.69) is 4.90 Å². The summed E-state index contributed by atoms with van der Waals surface area (Å²) >= 11 is 0. The fourth-order valence-electron chi connectivity index (χ4n) is 2.14. The summed E-state index contributed by atoms with van der Waals surface area (Å²) in [5.74, 6) is -0.738. The number of rotatable bonds is 2. The average molecular weight is 226 g/mol. The maximum atomic E-state index is 13.4. The average Bonchev–Trinajstić information content (AvgIpc) is 2.24. The predicted octanol–water partition coefficient (Wildman–Crippen LogP) is 1.89. The molecule has 1 aliphatic heterocycles. The molecule has 0 bridgehead atoms. The Morgan fingerprint density at radius 3 is 2.94 bits per heavy atom. The van der Waals surface area contributed by atoms with E-state index in [1.54, 1.807) is 0 Å². The van der Waals surface area contributed by atoms with Crippen molar-refractivity contribution in [3.8, 4) is 0 Å². The predicted molar refractivity (Wildman–Crippen MR) is 58.8 cm³/mol. The molecule has 0 unspecified atom stereocenters. The first-order valence-electron chi connectivity index (χ1n) is 5.57. The van der Waals surface area contributed by atoms with Crippen molar-refractivity contribution in [1.29, 1.82) is 0 Å². The van der Waals surface area contributed by atoms with E-state index in [0.717, 1.165) is 32.0 Å². The molecule has 16 heavy (non-hydrogen) atoms. The Hall–Kier alpha value is -1.00. The van der Waals surface area contributed by atoms with E-state index in [1.807, 2.05) is 0 Å². The molecule has 1 aromatic rings. The van der Waals surface area contributed by atoms with Crippen molar-refractivity contribution in [3.05, 3.63) is 35.4 Å². The molecule has 4 heteroatoms. The van der Waals surface area contributed by atoms with Gasteiger partial charge >= 0.3 is 0 Å². The number of likely N-dealkylation sites (tertiary alicyclic amines) is 1. The van der Waals surface area contributed by atoms with E-state index in [4.69, 9.17) is 5.73 Å². The first-order chi connectivity index (χ1) is 7.65. The summed E-state index contributed by atoms with van der Waals surface area (Å²) in [6.07, 6.45) is 2.04. The van der Waals surface area contributed by atoms with Crippen LogP contribution in [0, 0.1) is 11.6 Å². The lowest BCUT2D eigenvalue weighted by molar-refractivity contribution is 0.199. The second-order valence-electron chi connectivity index (χ2n) is 4.37. The molecule has 0 aliphatic carbocycles. The van der Waals surface area contributed by atoms with Crippen LogP contribution in [0.25, 0.3) is 0 Å². The lowest BCUT2D eigenvalue weighted by Crippen LogP contribution is -2.42. The monoisotopic (exact) mass is 226 g/mol. The Balaban J connectivity index is 2.05. The van der Waals surface area contributed by atoms with Gasteiger partial charge in [0.05, 0.1) is 0 Å². The molecule has 1 aliphatic rings. The first-order valence-corrected chi connectivity index (χ1v) is 5.57. The molecule has 0 aromatic heterocycles. The van der Waals surface area contributed by atoms with Crippen molar-refractivity contribution < 1.29 is 8.78 Å². The molecule has 1 fully saturated rings. The van der Waals surface area contributed by atoms with Gasteiger partial charge in [0.2, 0.25) is 0 Å². The third-order valence-electron chi connectivity index (χ3n) is 2.94. The molecule has 1 saturated heterocycles. The van der Waals surface area contributed by atoms with Crippen molar-refractivity contribution >= 4 is 0 Å². The van der Waals surface area contributed by atoms with E-state index < -0.39 is 5.82 Å². The van der Waals surface area contributed by atoms with Gasteiger partial charge in [-0.05, 0) is 37.6 Å². The molecular formula is C12H16F2N2. The summed E-state index contributed by atoms with van der Waals surface area (Å²) in [4.78, 5) is 2.08. The standard InChI is InChI=1S/C12H16F2N2/c13-10-3-4-12(14)9(6-10)7-16-5-1-2-11(15)8-16/h3-4,6,11H,1-2,5,7-8,15H2/t11-/m0/s1. The normalized spacial score (nSPS) is 22.3. The van der Waals surface area contributed by atoms with Crippen molar-refractivity contribution in [2.75, 3.05) is 13.1 Å². The Morgan fingerprint density at radius 1 is 1.38 bits per heavy atom. The SMILES string of the molecule is N[C@H]1CCCN(Cc2cc(F)ccc2F)C1. The van der Waals surface area contributed by atoms with E-state index in [0.29, 0.717) is 12.1 Å². The van der Waals surface area contributed by atoms with Crippen LogP contribution in [0.2, 0.25) is 0 Å². The summed E-state index contributed by atoms with van der Waals surface area (Å²) in [5.41, 5.74) is 6.25. The van der Waals surface area contributed by atoms with Crippen LogP contribution in [-0.2, 0) is 6.54 Å². The Labute approximate surface area is 94.0 Å². The van der Waals surface area contributed by atoms with Crippen molar-refractivity contribution in [2.24, 2.45) is 5.73 Å². The van der Waals surface area contributed by atoms with Crippen LogP contribution < -0.4 is 5.73 Å². The lowest BCUT2D eigenvalue weighted by Gasteiger charge is -2.30. The van der Waals surface area contributed by atoms with Gasteiger partial charge in [0.1, 0.15) is 11.6 Å². The zero-order valence-electron chi connectivity index (χ0n) is 9.13. The van der Waals surface area contributed by atoms with Gasteiger partial charge in [-0.15, -0.1) is 0 Å². The second kappa shape index (κ2) is 4.89. The second-order valence-corrected chi connectivity index (χ2v) is 4.37. The maximum absolute atomic E-state index is 13.4. The quantitative estimate of drug-likeness (QED) is 0.834. The molecule has 1 aromatic carbocycles. The Morgan fingerprint density at radius 2 is 2.19 bits per heavy atom. The third-order valence-corrected chi connectivity index (χ3v) is 2.94. The third kappa shape index (κ3) is 2.77. The van der Waals surface area contributed by atoms with Gasteiger partial charge in [0.15, 0.2) is 0 Å². The molecule has 0 amide bonds. The molecule has 0 spiro atoms.